The van der Waals surface area contributed by atoms with Crippen LogP contribution < -0.4 is 10.6 Å². The summed E-state index contributed by atoms with van der Waals surface area (Å²) in [6, 6.07) is 6.58. The highest BCUT2D eigenvalue weighted by Crippen LogP contribution is 2.15. The molecule has 0 unspecified atom stereocenters. The average molecular weight is 233 g/mol. The Kier molecular flexibility index (Phi) is 4.40. The van der Waals surface area contributed by atoms with E-state index in [0.29, 0.717) is 0 Å². The van der Waals surface area contributed by atoms with E-state index in [4.69, 9.17) is 0 Å². The van der Waals surface area contributed by atoms with E-state index in [1.54, 1.807) is 0 Å². The standard InChI is InChI=1S/C14H23N3/c1-12-3-4-14(13(2)11-12)16-7-10-17-8-5-15-6-9-17/h3-4,11,15-16H,5-10H2,1-2H3. The molecular formula is C14H23N3. The largest absolute Gasteiger partial charge is 0.384 e. The van der Waals surface area contributed by atoms with E-state index in [1.807, 2.05) is 0 Å². The molecule has 0 aromatic heterocycles. The Morgan fingerprint density at radius 3 is 2.71 bits per heavy atom. The summed E-state index contributed by atoms with van der Waals surface area (Å²) in [5, 5.41) is 6.90. The molecule has 17 heavy (non-hydrogen) atoms. The van der Waals surface area contributed by atoms with E-state index >= 15 is 0 Å². The average Bonchev–Trinajstić information content (AvgIpc) is 2.33. The van der Waals surface area contributed by atoms with Gasteiger partial charge in [0.15, 0.2) is 0 Å². The summed E-state index contributed by atoms with van der Waals surface area (Å²) in [6.45, 7) is 11.1. The Morgan fingerprint density at radius 1 is 1.24 bits per heavy atom. The van der Waals surface area contributed by atoms with Crippen molar-refractivity contribution in [1.82, 2.24) is 10.2 Å². The molecule has 0 bridgehead atoms. The first-order valence-electron chi connectivity index (χ1n) is 6.50. The summed E-state index contributed by atoms with van der Waals surface area (Å²) in [6.07, 6.45) is 0. The van der Waals surface area contributed by atoms with Gasteiger partial charge in [-0.1, -0.05) is 17.7 Å². The molecule has 0 radical (unpaired) electrons. The van der Waals surface area contributed by atoms with E-state index in [-0.39, 0.29) is 0 Å². The number of hydrogen-bond donors (Lipinski definition) is 2. The van der Waals surface area contributed by atoms with Crippen molar-refractivity contribution in [3.8, 4) is 0 Å². The predicted molar refractivity (Wildman–Crippen MR) is 73.7 cm³/mol. The maximum absolute atomic E-state index is 3.53. The van der Waals surface area contributed by atoms with Gasteiger partial charge in [-0.2, -0.15) is 0 Å². The fourth-order valence-electron chi connectivity index (χ4n) is 2.30. The van der Waals surface area contributed by atoms with Crippen molar-refractivity contribution in [3.63, 3.8) is 0 Å². The van der Waals surface area contributed by atoms with E-state index in [2.05, 4.69) is 47.6 Å². The van der Waals surface area contributed by atoms with Crippen LogP contribution >= 0.6 is 0 Å². The van der Waals surface area contributed by atoms with Gasteiger partial charge in [0.1, 0.15) is 0 Å². The zero-order valence-corrected chi connectivity index (χ0v) is 10.9. The molecule has 2 N–H and O–H groups in total. The van der Waals surface area contributed by atoms with Crippen LogP contribution in [-0.4, -0.2) is 44.2 Å². The fourth-order valence-corrected chi connectivity index (χ4v) is 2.30. The lowest BCUT2D eigenvalue weighted by atomic mass is 10.1. The van der Waals surface area contributed by atoms with Gasteiger partial charge in [-0.3, -0.25) is 4.90 Å². The molecule has 3 heteroatoms. The van der Waals surface area contributed by atoms with Crippen LogP contribution in [-0.2, 0) is 0 Å². The highest BCUT2D eigenvalue weighted by molar-refractivity contribution is 5.51. The van der Waals surface area contributed by atoms with Crippen LogP contribution in [0.1, 0.15) is 11.1 Å². The van der Waals surface area contributed by atoms with Gasteiger partial charge in [0, 0.05) is 45.0 Å². The molecule has 0 saturated carbocycles. The molecule has 1 saturated heterocycles. The predicted octanol–water partition coefficient (Wildman–Crippen LogP) is 1.62. The van der Waals surface area contributed by atoms with Crippen LogP contribution in [0.3, 0.4) is 0 Å². The van der Waals surface area contributed by atoms with Crippen molar-refractivity contribution < 1.29 is 0 Å². The minimum atomic E-state index is 1.03. The molecule has 0 aliphatic carbocycles. The van der Waals surface area contributed by atoms with E-state index < -0.39 is 0 Å². The summed E-state index contributed by atoms with van der Waals surface area (Å²) in [7, 11) is 0. The first kappa shape index (κ1) is 12.4. The molecule has 94 valence electrons. The van der Waals surface area contributed by atoms with Crippen molar-refractivity contribution in [3.05, 3.63) is 29.3 Å². The summed E-state index contributed by atoms with van der Waals surface area (Å²) < 4.78 is 0. The van der Waals surface area contributed by atoms with Crippen molar-refractivity contribution >= 4 is 5.69 Å². The van der Waals surface area contributed by atoms with E-state index in [0.717, 1.165) is 26.2 Å². The molecule has 1 fully saturated rings. The van der Waals surface area contributed by atoms with E-state index in [1.165, 1.54) is 29.9 Å². The molecule has 1 aromatic rings. The quantitative estimate of drug-likeness (QED) is 0.827. The number of anilines is 1. The topological polar surface area (TPSA) is 27.3 Å². The van der Waals surface area contributed by atoms with Crippen LogP contribution in [0.15, 0.2) is 18.2 Å². The summed E-state index contributed by atoms with van der Waals surface area (Å²) >= 11 is 0. The lowest BCUT2D eigenvalue weighted by Gasteiger charge is -2.27. The minimum Gasteiger partial charge on any atom is -0.384 e. The van der Waals surface area contributed by atoms with Crippen LogP contribution in [0.25, 0.3) is 0 Å². The number of nitrogens with one attached hydrogen (secondary N) is 2. The highest BCUT2D eigenvalue weighted by atomic mass is 15.2. The van der Waals surface area contributed by atoms with Gasteiger partial charge in [-0.25, -0.2) is 0 Å². The Labute approximate surface area is 104 Å². The zero-order valence-electron chi connectivity index (χ0n) is 10.9. The molecule has 2 rings (SSSR count). The molecule has 3 nitrogen and oxygen atoms in total. The van der Waals surface area contributed by atoms with Gasteiger partial charge < -0.3 is 10.6 Å². The van der Waals surface area contributed by atoms with Gasteiger partial charge in [0.25, 0.3) is 0 Å². The second kappa shape index (κ2) is 6.03. The third kappa shape index (κ3) is 3.72. The zero-order chi connectivity index (χ0) is 12.1. The summed E-state index contributed by atoms with van der Waals surface area (Å²) in [5.74, 6) is 0. The number of nitrogens with zero attached hydrogens (tertiary/aromatic N) is 1. The highest BCUT2D eigenvalue weighted by Gasteiger charge is 2.08. The molecule has 1 aliphatic heterocycles. The lowest BCUT2D eigenvalue weighted by molar-refractivity contribution is 0.249. The molecule has 1 aliphatic rings. The van der Waals surface area contributed by atoms with Crippen LogP contribution in [0.5, 0.6) is 0 Å². The summed E-state index contributed by atoms with van der Waals surface area (Å²) in [5.41, 5.74) is 3.94. The molecular weight excluding hydrogens is 210 g/mol. The second-order valence-electron chi connectivity index (χ2n) is 4.84. The number of rotatable bonds is 4. The van der Waals surface area contributed by atoms with Gasteiger partial charge in [-0.05, 0) is 25.5 Å². The summed E-state index contributed by atoms with van der Waals surface area (Å²) in [4.78, 5) is 2.51. The van der Waals surface area contributed by atoms with Crippen molar-refractivity contribution in [2.45, 2.75) is 13.8 Å². The van der Waals surface area contributed by atoms with Crippen LogP contribution in [0, 0.1) is 13.8 Å². The number of hydrogen-bond acceptors (Lipinski definition) is 3. The van der Waals surface area contributed by atoms with Crippen LogP contribution in [0.2, 0.25) is 0 Å². The Balaban J connectivity index is 1.77. The molecule has 0 spiro atoms. The van der Waals surface area contributed by atoms with E-state index in [9.17, 15) is 0 Å². The Morgan fingerprint density at radius 2 is 2.00 bits per heavy atom. The third-order valence-electron chi connectivity index (χ3n) is 3.34. The number of piperazine rings is 1. The SMILES string of the molecule is Cc1ccc(NCCN2CCNCC2)c(C)c1. The van der Waals surface area contributed by atoms with Crippen LogP contribution in [0.4, 0.5) is 5.69 Å². The van der Waals surface area contributed by atoms with Gasteiger partial charge in [-0.15, -0.1) is 0 Å². The normalized spacial score (nSPS) is 17.1. The molecule has 1 heterocycles. The van der Waals surface area contributed by atoms with Gasteiger partial charge in [0.2, 0.25) is 0 Å². The Hall–Kier alpha value is -1.06. The molecule has 0 atom stereocenters. The molecule has 1 aromatic carbocycles. The first-order chi connectivity index (χ1) is 8.25. The fraction of sp³-hybridized carbons (Fsp3) is 0.571. The minimum absolute atomic E-state index is 1.03. The Bertz CT molecular complexity index is 356. The second-order valence-corrected chi connectivity index (χ2v) is 4.84. The van der Waals surface area contributed by atoms with Crippen molar-refractivity contribution in [2.75, 3.05) is 44.6 Å². The van der Waals surface area contributed by atoms with Crippen molar-refractivity contribution in [2.24, 2.45) is 0 Å². The maximum atomic E-state index is 3.53. The van der Waals surface area contributed by atoms with Gasteiger partial charge in [0.05, 0.1) is 0 Å². The number of aryl methyl sites for hydroxylation is 2. The monoisotopic (exact) mass is 233 g/mol. The third-order valence-corrected chi connectivity index (χ3v) is 3.34. The number of benzene rings is 1. The maximum Gasteiger partial charge on any atom is 0.0370 e. The first-order valence-corrected chi connectivity index (χ1v) is 6.50. The smallest absolute Gasteiger partial charge is 0.0370 e. The molecule has 0 amide bonds. The lowest BCUT2D eigenvalue weighted by Crippen LogP contribution is -2.45. The van der Waals surface area contributed by atoms with Gasteiger partial charge >= 0.3 is 0 Å². The van der Waals surface area contributed by atoms with Crippen molar-refractivity contribution in [1.29, 1.82) is 0 Å².